The molecule has 0 saturated carbocycles. The molecule has 2 aromatic rings. The molecule has 2 aromatic carbocycles. The summed E-state index contributed by atoms with van der Waals surface area (Å²) in [5.41, 5.74) is 0.945. The van der Waals surface area contributed by atoms with Gasteiger partial charge in [0.2, 0.25) is 5.75 Å². The Bertz CT molecular complexity index is 975. The van der Waals surface area contributed by atoms with Crippen molar-refractivity contribution in [3.63, 3.8) is 0 Å². The van der Waals surface area contributed by atoms with Crippen molar-refractivity contribution in [1.82, 2.24) is 10.2 Å². The number of rotatable bonds is 8. The highest BCUT2D eigenvalue weighted by Gasteiger charge is 2.27. The summed E-state index contributed by atoms with van der Waals surface area (Å²) < 4.78 is 26.5. The summed E-state index contributed by atoms with van der Waals surface area (Å²) in [7, 11) is 7.62. The minimum Gasteiger partial charge on any atom is -0.493 e. The van der Waals surface area contributed by atoms with E-state index in [1.807, 2.05) is 0 Å². The Kier molecular flexibility index (Phi) is 7.87. The lowest BCUT2D eigenvalue weighted by atomic mass is 10.0. The minimum atomic E-state index is -0.189. The lowest BCUT2D eigenvalue weighted by Crippen LogP contribution is -2.46. The molecule has 1 saturated heterocycles. The average Bonchev–Trinajstić information content (AvgIpc) is 2.87. The number of piperidine rings is 1. The predicted octanol–water partition coefficient (Wildman–Crippen LogP) is 2.76. The van der Waals surface area contributed by atoms with Crippen LogP contribution in [0.4, 0.5) is 0 Å². The van der Waals surface area contributed by atoms with E-state index in [4.69, 9.17) is 23.7 Å². The summed E-state index contributed by atoms with van der Waals surface area (Å²) >= 11 is 0. The Morgan fingerprint density at radius 3 is 1.82 bits per heavy atom. The zero-order valence-corrected chi connectivity index (χ0v) is 19.6. The Balaban J connectivity index is 1.63. The van der Waals surface area contributed by atoms with Crippen molar-refractivity contribution in [2.75, 3.05) is 48.6 Å². The van der Waals surface area contributed by atoms with E-state index in [-0.39, 0.29) is 17.9 Å². The maximum atomic E-state index is 13.1. The number of likely N-dealkylation sites (tertiary alicyclic amines) is 1. The van der Waals surface area contributed by atoms with E-state index in [0.29, 0.717) is 65.8 Å². The monoisotopic (exact) mass is 458 g/mol. The quantitative estimate of drug-likeness (QED) is 0.650. The third-order valence-electron chi connectivity index (χ3n) is 5.67. The molecule has 0 unspecified atom stereocenters. The first-order valence-electron chi connectivity index (χ1n) is 10.6. The number of carbonyl (C=O) groups is 2. The lowest BCUT2D eigenvalue weighted by molar-refractivity contribution is 0.0697. The van der Waals surface area contributed by atoms with Gasteiger partial charge in [0.1, 0.15) is 0 Å². The number of hydrogen-bond acceptors (Lipinski definition) is 7. The van der Waals surface area contributed by atoms with E-state index in [2.05, 4.69) is 5.32 Å². The van der Waals surface area contributed by atoms with Gasteiger partial charge in [-0.3, -0.25) is 9.59 Å². The average molecular weight is 459 g/mol. The number of nitrogens with zero attached hydrogens (tertiary/aromatic N) is 1. The van der Waals surface area contributed by atoms with Gasteiger partial charge >= 0.3 is 0 Å². The molecule has 0 atom stereocenters. The van der Waals surface area contributed by atoms with Crippen molar-refractivity contribution in [3.05, 3.63) is 41.5 Å². The van der Waals surface area contributed by atoms with Gasteiger partial charge in [0.25, 0.3) is 11.8 Å². The second-order valence-corrected chi connectivity index (χ2v) is 7.52. The van der Waals surface area contributed by atoms with Crippen molar-refractivity contribution in [3.8, 4) is 28.7 Å². The summed E-state index contributed by atoms with van der Waals surface area (Å²) in [5.74, 6) is 2.04. The molecule has 9 heteroatoms. The van der Waals surface area contributed by atoms with Crippen LogP contribution in [-0.4, -0.2) is 71.4 Å². The van der Waals surface area contributed by atoms with Crippen LogP contribution < -0.4 is 29.0 Å². The van der Waals surface area contributed by atoms with Gasteiger partial charge in [-0.1, -0.05) is 0 Å². The zero-order valence-electron chi connectivity index (χ0n) is 19.6. The lowest BCUT2D eigenvalue weighted by Gasteiger charge is -2.32. The normalized spacial score (nSPS) is 13.8. The smallest absolute Gasteiger partial charge is 0.254 e. The standard InChI is InChI=1S/C24H30N2O7/c1-29-18-7-6-15(12-19(18)30-2)23(27)25-17-8-10-26(11-9-17)24(28)16-13-20(31-3)22(33-5)21(14-16)32-4/h6-7,12-14,17H,8-11H2,1-5H3,(H,25,27). The largest absolute Gasteiger partial charge is 0.493 e. The summed E-state index contributed by atoms with van der Waals surface area (Å²) in [6, 6.07) is 8.31. The molecule has 0 radical (unpaired) electrons. The number of ether oxygens (including phenoxy) is 5. The van der Waals surface area contributed by atoms with Crippen LogP contribution in [0.2, 0.25) is 0 Å². The predicted molar refractivity (Wildman–Crippen MR) is 122 cm³/mol. The third kappa shape index (κ3) is 5.24. The molecule has 0 aliphatic carbocycles. The van der Waals surface area contributed by atoms with Crippen LogP contribution in [0.25, 0.3) is 0 Å². The number of hydrogen-bond donors (Lipinski definition) is 1. The van der Waals surface area contributed by atoms with Crippen molar-refractivity contribution in [2.45, 2.75) is 18.9 Å². The van der Waals surface area contributed by atoms with Gasteiger partial charge in [-0.15, -0.1) is 0 Å². The molecule has 9 nitrogen and oxygen atoms in total. The Hall–Kier alpha value is -3.62. The first-order valence-corrected chi connectivity index (χ1v) is 10.6. The number of benzene rings is 2. The van der Waals surface area contributed by atoms with Crippen LogP contribution in [0.1, 0.15) is 33.6 Å². The molecule has 3 rings (SSSR count). The first-order chi connectivity index (χ1) is 15.9. The van der Waals surface area contributed by atoms with Crippen molar-refractivity contribution in [2.24, 2.45) is 0 Å². The van der Waals surface area contributed by atoms with Crippen LogP contribution in [-0.2, 0) is 0 Å². The van der Waals surface area contributed by atoms with Crippen molar-refractivity contribution in [1.29, 1.82) is 0 Å². The molecular formula is C24H30N2O7. The van der Waals surface area contributed by atoms with Crippen LogP contribution in [0.5, 0.6) is 28.7 Å². The topological polar surface area (TPSA) is 95.6 Å². The molecule has 178 valence electrons. The maximum Gasteiger partial charge on any atom is 0.254 e. The third-order valence-corrected chi connectivity index (χ3v) is 5.67. The maximum absolute atomic E-state index is 13.1. The minimum absolute atomic E-state index is 0.0328. The Morgan fingerprint density at radius 1 is 0.758 bits per heavy atom. The van der Waals surface area contributed by atoms with Gasteiger partial charge in [0.15, 0.2) is 23.0 Å². The van der Waals surface area contributed by atoms with Gasteiger partial charge in [0, 0.05) is 30.3 Å². The molecule has 0 bridgehead atoms. The molecule has 1 N–H and O–H groups in total. The summed E-state index contributed by atoms with van der Waals surface area (Å²) in [6.45, 7) is 1.04. The fourth-order valence-corrected chi connectivity index (χ4v) is 3.86. The highest BCUT2D eigenvalue weighted by atomic mass is 16.5. The molecule has 1 heterocycles. The molecule has 1 aliphatic heterocycles. The van der Waals surface area contributed by atoms with Crippen LogP contribution in [0.15, 0.2) is 30.3 Å². The molecule has 33 heavy (non-hydrogen) atoms. The number of methoxy groups -OCH3 is 5. The molecule has 1 fully saturated rings. The summed E-state index contributed by atoms with van der Waals surface area (Å²) in [5, 5.41) is 3.04. The van der Waals surface area contributed by atoms with Gasteiger partial charge in [-0.05, 0) is 43.2 Å². The fraction of sp³-hybridized carbons (Fsp3) is 0.417. The van der Waals surface area contributed by atoms with Gasteiger partial charge < -0.3 is 33.9 Å². The van der Waals surface area contributed by atoms with Crippen molar-refractivity contribution >= 4 is 11.8 Å². The second-order valence-electron chi connectivity index (χ2n) is 7.52. The summed E-state index contributed by atoms with van der Waals surface area (Å²) in [4.78, 5) is 27.5. The van der Waals surface area contributed by atoms with E-state index in [1.54, 1.807) is 42.3 Å². The van der Waals surface area contributed by atoms with Gasteiger partial charge in [-0.25, -0.2) is 0 Å². The van der Waals surface area contributed by atoms with E-state index >= 15 is 0 Å². The molecule has 0 spiro atoms. The fourth-order valence-electron chi connectivity index (χ4n) is 3.86. The zero-order chi connectivity index (χ0) is 24.0. The molecular weight excluding hydrogens is 428 g/mol. The van der Waals surface area contributed by atoms with E-state index < -0.39 is 0 Å². The van der Waals surface area contributed by atoms with Crippen LogP contribution in [0.3, 0.4) is 0 Å². The highest BCUT2D eigenvalue weighted by molar-refractivity contribution is 5.96. The van der Waals surface area contributed by atoms with E-state index in [9.17, 15) is 9.59 Å². The molecule has 0 aromatic heterocycles. The molecule has 1 aliphatic rings. The number of nitrogens with one attached hydrogen (secondary N) is 1. The highest BCUT2D eigenvalue weighted by Crippen LogP contribution is 2.38. The van der Waals surface area contributed by atoms with E-state index in [1.165, 1.54) is 28.4 Å². The molecule has 2 amide bonds. The van der Waals surface area contributed by atoms with Crippen molar-refractivity contribution < 1.29 is 33.3 Å². The van der Waals surface area contributed by atoms with Crippen LogP contribution >= 0.6 is 0 Å². The number of carbonyl (C=O) groups excluding carboxylic acids is 2. The Morgan fingerprint density at radius 2 is 1.30 bits per heavy atom. The first kappa shape index (κ1) is 24.0. The Labute approximate surface area is 193 Å². The number of amides is 2. The summed E-state index contributed by atoms with van der Waals surface area (Å²) in [6.07, 6.45) is 1.30. The SMILES string of the molecule is COc1ccc(C(=O)NC2CCN(C(=O)c3cc(OC)c(OC)c(OC)c3)CC2)cc1OC. The van der Waals surface area contributed by atoms with Crippen LogP contribution in [0, 0.1) is 0 Å². The van der Waals surface area contributed by atoms with Gasteiger partial charge in [0.05, 0.1) is 35.5 Å². The van der Waals surface area contributed by atoms with E-state index in [0.717, 1.165) is 0 Å². The van der Waals surface area contributed by atoms with Gasteiger partial charge in [-0.2, -0.15) is 0 Å². The second kappa shape index (κ2) is 10.8.